The Morgan fingerprint density at radius 3 is 2.71 bits per heavy atom. The van der Waals surface area contributed by atoms with Crippen molar-refractivity contribution in [2.24, 2.45) is 0 Å². The van der Waals surface area contributed by atoms with Gasteiger partial charge in [0.1, 0.15) is 0 Å². The molecule has 0 spiro atoms. The minimum Gasteiger partial charge on any atom is -0.382 e. The third-order valence-corrected chi connectivity index (χ3v) is 3.79. The van der Waals surface area contributed by atoms with Crippen molar-refractivity contribution in [3.05, 3.63) is 34.1 Å². The molecule has 1 aromatic carbocycles. The van der Waals surface area contributed by atoms with Crippen LogP contribution in [0.25, 0.3) is 0 Å². The number of nitro groups is 1. The molecule has 1 saturated heterocycles. The van der Waals surface area contributed by atoms with Crippen LogP contribution in [0.3, 0.4) is 0 Å². The van der Waals surface area contributed by atoms with Crippen LogP contribution in [-0.4, -0.2) is 22.5 Å². The first-order chi connectivity index (χ1) is 8.16. The first-order valence-corrected chi connectivity index (χ1v) is 6.60. The third kappa shape index (κ3) is 3.09. The van der Waals surface area contributed by atoms with Gasteiger partial charge in [0.15, 0.2) is 0 Å². The smallest absolute Gasteiger partial charge is 0.304 e. The molecule has 0 amide bonds. The minimum atomic E-state index is -0.787. The Bertz CT molecular complexity index is 422. The van der Waals surface area contributed by atoms with E-state index in [2.05, 4.69) is 5.32 Å². The summed E-state index contributed by atoms with van der Waals surface area (Å²) >= 11 is 1.92. The van der Waals surface area contributed by atoms with Crippen LogP contribution in [-0.2, 0) is 0 Å². The molecule has 4 nitrogen and oxygen atoms in total. The summed E-state index contributed by atoms with van der Waals surface area (Å²) in [7, 11) is 0. The summed E-state index contributed by atoms with van der Waals surface area (Å²) in [4.78, 5) is 9.75. The van der Waals surface area contributed by atoms with E-state index < -0.39 is 16.4 Å². The van der Waals surface area contributed by atoms with E-state index in [1.165, 1.54) is 12.1 Å². The summed E-state index contributed by atoms with van der Waals surface area (Å²) in [5.41, 5.74) is 0.139. The maximum absolute atomic E-state index is 13.4. The van der Waals surface area contributed by atoms with Crippen LogP contribution in [0, 0.1) is 15.9 Å². The first-order valence-electron chi connectivity index (χ1n) is 5.45. The fourth-order valence-electron chi connectivity index (χ4n) is 1.82. The van der Waals surface area contributed by atoms with Crippen molar-refractivity contribution >= 4 is 23.1 Å². The normalized spacial score (nSPS) is 16.8. The standard InChI is InChI=1S/C11H13FN2O2S/c12-10-7-9(1-2-11(10)14(15)16)13-8-3-5-17-6-4-8/h1-2,7-8,13H,3-6H2. The van der Waals surface area contributed by atoms with Crippen molar-refractivity contribution in [3.8, 4) is 0 Å². The van der Waals surface area contributed by atoms with E-state index in [0.29, 0.717) is 11.7 Å². The maximum Gasteiger partial charge on any atom is 0.304 e. The van der Waals surface area contributed by atoms with Crippen LogP contribution in [0.15, 0.2) is 18.2 Å². The lowest BCUT2D eigenvalue weighted by atomic mass is 10.1. The highest BCUT2D eigenvalue weighted by atomic mass is 32.2. The predicted molar refractivity (Wildman–Crippen MR) is 67.0 cm³/mol. The second-order valence-corrected chi connectivity index (χ2v) is 5.18. The monoisotopic (exact) mass is 256 g/mol. The lowest BCUT2D eigenvalue weighted by Gasteiger charge is -2.23. The number of hydrogen-bond donors (Lipinski definition) is 1. The fraction of sp³-hybridized carbons (Fsp3) is 0.455. The molecule has 0 unspecified atom stereocenters. The van der Waals surface area contributed by atoms with Gasteiger partial charge < -0.3 is 5.32 Å². The Kier molecular flexibility index (Phi) is 3.83. The number of thioether (sulfide) groups is 1. The van der Waals surface area contributed by atoms with Gasteiger partial charge in [-0.2, -0.15) is 16.2 Å². The van der Waals surface area contributed by atoms with Crippen LogP contribution in [0.2, 0.25) is 0 Å². The number of nitro benzene ring substituents is 1. The zero-order chi connectivity index (χ0) is 12.3. The third-order valence-electron chi connectivity index (χ3n) is 2.74. The Balaban J connectivity index is 2.06. The Morgan fingerprint density at radius 1 is 1.41 bits per heavy atom. The maximum atomic E-state index is 13.4. The van der Waals surface area contributed by atoms with Crippen molar-refractivity contribution < 1.29 is 9.31 Å². The molecule has 0 aromatic heterocycles. The zero-order valence-corrected chi connectivity index (χ0v) is 10.0. The topological polar surface area (TPSA) is 55.2 Å². The summed E-state index contributed by atoms with van der Waals surface area (Å²) in [6, 6.07) is 4.30. The molecule has 1 aliphatic rings. The first kappa shape index (κ1) is 12.2. The number of rotatable bonds is 3. The highest BCUT2D eigenvalue weighted by molar-refractivity contribution is 7.99. The molecule has 0 radical (unpaired) electrons. The number of nitrogens with one attached hydrogen (secondary N) is 1. The molecule has 0 bridgehead atoms. The van der Waals surface area contributed by atoms with E-state index in [9.17, 15) is 14.5 Å². The van der Waals surface area contributed by atoms with Gasteiger partial charge in [-0.05, 0) is 30.4 Å². The lowest BCUT2D eigenvalue weighted by molar-refractivity contribution is -0.387. The molecule has 0 atom stereocenters. The highest BCUT2D eigenvalue weighted by Crippen LogP contribution is 2.24. The number of halogens is 1. The van der Waals surface area contributed by atoms with Gasteiger partial charge in [-0.15, -0.1) is 0 Å². The Labute approximate surface area is 103 Å². The van der Waals surface area contributed by atoms with E-state index in [1.807, 2.05) is 11.8 Å². The zero-order valence-electron chi connectivity index (χ0n) is 9.19. The number of hydrogen-bond acceptors (Lipinski definition) is 4. The summed E-state index contributed by atoms with van der Waals surface area (Å²) < 4.78 is 13.4. The van der Waals surface area contributed by atoms with E-state index in [1.54, 1.807) is 6.07 Å². The average Bonchev–Trinajstić information content (AvgIpc) is 2.30. The van der Waals surface area contributed by atoms with Crippen LogP contribution >= 0.6 is 11.8 Å². The number of anilines is 1. The van der Waals surface area contributed by atoms with Gasteiger partial charge in [0.2, 0.25) is 5.82 Å². The van der Waals surface area contributed by atoms with E-state index >= 15 is 0 Å². The van der Waals surface area contributed by atoms with Crippen molar-refractivity contribution in [2.45, 2.75) is 18.9 Å². The fourth-order valence-corrected chi connectivity index (χ4v) is 2.93. The van der Waals surface area contributed by atoms with Crippen molar-refractivity contribution in [1.82, 2.24) is 0 Å². The van der Waals surface area contributed by atoms with Crippen LogP contribution in [0.1, 0.15) is 12.8 Å². The van der Waals surface area contributed by atoms with Gasteiger partial charge in [-0.3, -0.25) is 10.1 Å². The molecule has 6 heteroatoms. The second-order valence-electron chi connectivity index (χ2n) is 3.95. The minimum absolute atomic E-state index is 0.345. The molecule has 92 valence electrons. The molecule has 0 aliphatic carbocycles. The van der Waals surface area contributed by atoms with E-state index in [-0.39, 0.29) is 0 Å². The summed E-state index contributed by atoms with van der Waals surface area (Å²) in [6.45, 7) is 0. The molecule has 1 heterocycles. The molecule has 2 rings (SSSR count). The predicted octanol–water partition coefficient (Wildman–Crippen LogP) is 3.04. The molecule has 1 fully saturated rings. The average molecular weight is 256 g/mol. The molecular formula is C11H13FN2O2S. The largest absolute Gasteiger partial charge is 0.382 e. The van der Waals surface area contributed by atoms with Crippen molar-refractivity contribution in [3.63, 3.8) is 0 Å². The van der Waals surface area contributed by atoms with Gasteiger partial charge in [0.05, 0.1) is 4.92 Å². The quantitative estimate of drug-likeness (QED) is 0.667. The van der Waals surface area contributed by atoms with Gasteiger partial charge in [-0.1, -0.05) is 0 Å². The molecular weight excluding hydrogens is 243 g/mol. The molecule has 1 aromatic rings. The Hall–Kier alpha value is -1.30. The van der Waals surface area contributed by atoms with Crippen molar-refractivity contribution in [1.29, 1.82) is 0 Å². The second kappa shape index (κ2) is 5.35. The SMILES string of the molecule is O=[N+]([O-])c1ccc(NC2CCSCC2)cc1F. The lowest BCUT2D eigenvalue weighted by Crippen LogP contribution is -2.24. The van der Waals surface area contributed by atoms with Crippen LogP contribution < -0.4 is 5.32 Å². The van der Waals surface area contributed by atoms with Crippen LogP contribution in [0.4, 0.5) is 15.8 Å². The molecule has 17 heavy (non-hydrogen) atoms. The van der Waals surface area contributed by atoms with E-state index in [4.69, 9.17) is 0 Å². The Morgan fingerprint density at radius 2 is 2.12 bits per heavy atom. The molecule has 1 N–H and O–H groups in total. The highest BCUT2D eigenvalue weighted by Gasteiger charge is 2.17. The summed E-state index contributed by atoms with van der Waals surface area (Å²) in [6.07, 6.45) is 2.09. The van der Waals surface area contributed by atoms with Gasteiger partial charge in [0, 0.05) is 23.9 Å². The summed E-state index contributed by atoms with van der Waals surface area (Å²) in [5, 5.41) is 13.7. The van der Waals surface area contributed by atoms with Gasteiger partial charge in [-0.25, -0.2) is 0 Å². The summed E-state index contributed by atoms with van der Waals surface area (Å²) in [5.74, 6) is 1.42. The van der Waals surface area contributed by atoms with Gasteiger partial charge >= 0.3 is 5.69 Å². The molecule has 0 saturated carbocycles. The van der Waals surface area contributed by atoms with Gasteiger partial charge in [0.25, 0.3) is 0 Å². The molecule has 1 aliphatic heterocycles. The van der Waals surface area contributed by atoms with Crippen LogP contribution in [0.5, 0.6) is 0 Å². The van der Waals surface area contributed by atoms with Crippen molar-refractivity contribution in [2.75, 3.05) is 16.8 Å². The number of benzene rings is 1. The number of nitrogens with zero attached hydrogens (tertiary/aromatic N) is 1. The van der Waals surface area contributed by atoms with E-state index in [0.717, 1.165) is 24.3 Å².